The first-order valence-corrected chi connectivity index (χ1v) is 8.50. The van der Waals surface area contributed by atoms with E-state index in [-0.39, 0.29) is 22.0 Å². The summed E-state index contributed by atoms with van der Waals surface area (Å²) in [6.07, 6.45) is -8.03. The van der Waals surface area contributed by atoms with Gasteiger partial charge in [-0.2, -0.15) is 31.4 Å². The number of carbonyl (C=O) groups excluding carboxylic acids is 1. The fourth-order valence-corrected chi connectivity index (χ4v) is 2.91. The van der Waals surface area contributed by atoms with Gasteiger partial charge in [-0.15, -0.1) is 0 Å². The predicted octanol–water partition coefficient (Wildman–Crippen LogP) is 5.43. The zero-order chi connectivity index (χ0) is 22.3. The van der Waals surface area contributed by atoms with Crippen LogP contribution in [0.15, 0.2) is 42.7 Å². The largest absolute Gasteiger partial charge is 0.435 e. The number of rotatable bonds is 3. The van der Waals surface area contributed by atoms with Gasteiger partial charge < -0.3 is 5.32 Å². The number of benzene rings is 1. The first-order chi connectivity index (χ1) is 13.9. The molecule has 3 aromatic rings. The highest BCUT2D eigenvalue weighted by Crippen LogP contribution is 2.37. The lowest BCUT2D eigenvalue weighted by atomic mass is 10.1. The highest BCUT2D eigenvalue weighted by molar-refractivity contribution is 6.33. The van der Waals surface area contributed by atoms with E-state index in [4.69, 9.17) is 11.6 Å². The van der Waals surface area contributed by atoms with Gasteiger partial charge in [0, 0.05) is 25.0 Å². The topological polar surface area (TPSA) is 59.8 Å². The molecule has 0 saturated carbocycles. The van der Waals surface area contributed by atoms with Crippen molar-refractivity contribution < 1.29 is 31.1 Å². The van der Waals surface area contributed by atoms with Gasteiger partial charge >= 0.3 is 12.4 Å². The minimum atomic E-state index is -4.86. The van der Waals surface area contributed by atoms with Crippen molar-refractivity contribution in [2.24, 2.45) is 7.05 Å². The second-order valence-corrected chi connectivity index (χ2v) is 6.52. The number of anilines is 1. The van der Waals surface area contributed by atoms with Gasteiger partial charge in [-0.1, -0.05) is 29.8 Å². The molecule has 0 aliphatic rings. The van der Waals surface area contributed by atoms with Gasteiger partial charge in [0.1, 0.15) is 0 Å². The van der Waals surface area contributed by atoms with E-state index in [9.17, 15) is 31.1 Å². The summed E-state index contributed by atoms with van der Waals surface area (Å²) in [5.74, 6) is -1.11. The number of amides is 1. The van der Waals surface area contributed by atoms with E-state index in [1.807, 2.05) is 0 Å². The van der Waals surface area contributed by atoms with E-state index < -0.39 is 35.1 Å². The Labute approximate surface area is 170 Å². The van der Waals surface area contributed by atoms with Crippen molar-refractivity contribution in [3.05, 3.63) is 64.6 Å². The molecule has 0 unspecified atom stereocenters. The standard InChI is InChI=1S/C18H11ClF6N4O/c1-29-8-11(15(28-29)18(23,24)25)16(30)27-13-5-3-2-4-10(13)14-12(19)6-9(7-26-14)17(20,21)22/h2-8H,1H3,(H,27,30). The second kappa shape index (κ2) is 7.63. The van der Waals surface area contributed by atoms with Crippen LogP contribution >= 0.6 is 11.6 Å². The van der Waals surface area contributed by atoms with Crippen LogP contribution in [0.1, 0.15) is 21.6 Å². The molecule has 1 amide bonds. The molecule has 0 radical (unpaired) electrons. The van der Waals surface area contributed by atoms with Crippen molar-refractivity contribution in [1.29, 1.82) is 0 Å². The minimum absolute atomic E-state index is 0.00800. The summed E-state index contributed by atoms with van der Waals surface area (Å²) in [5.41, 5.74) is -3.10. The van der Waals surface area contributed by atoms with Crippen LogP contribution in [0.3, 0.4) is 0 Å². The second-order valence-electron chi connectivity index (χ2n) is 6.11. The maximum absolute atomic E-state index is 13.1. The van der Waals surface area contributed by atoms with Crippen LogP contribution in [0.25, 0.3) is 11.3 Å². The summed E-state index contributed by atoms with van der Waals surface area (Å²) in [5, 5.41) is 5.23. The van der Waals surface area contributed by atoms with Gasteiger partial charge in [0.2, 0.25) is 0 Å². The monoisotopic (exact) mass is 448 g/mol. The third-order valence-electron chi connectivity index (χ3n) is 3.94. The summed E-state index contributed by atoms with van der Waals surface area (Å²) in [4.78, 5) is 16.2. The average molecular weight is 449 g/mol. The lowest BCUT2D eigenvalue weighted by Gasteiger charge is -2.13. The number of halogens is 7. The number of nitrogens with one attached hydrogen (secondary N) is 1. The number of pyridine rings is 1. The quantitative estimate of drug-likeness (QED) is 0.544. The third kappa shape index (κ3) is 4.40. The van der Waals surface area contributed by atoms with E-state index in [1.54, 1.807) is 0 Å². The number of para-hydroxylation sites is 1. The summed E-state index contributed by atoms with van der Waals surface area (Å²) in [7, 11) is 1.23. The number of alkyl halides is 6. The highest BCUT2D eigenvalue weighted by Gasteiger charge is 2.39. The van der Waals surface area contributed by atoms with E-state index in [2.05, 4.69) is 15.4 Å². The van der Waals surface area contributed by atoms with Gasteiger partial charge in [-0.25, -0.2) is 0 Å². The van der Waals surface area contributed by atoms with Gasteiger partial charge in [-0.3, -0.25) is 14.5 Å². The molecule has 2 heterocycles. The molecule has 0 saturated heterocycles. The molecule has 0 aliphatic carbocycles. The van der Waals surface area contributed by atoms with Crippen molar-refractivity contribution >= 4 is 23.2 Å². The molecule has 0 spiro atoms. The van der Waals surface area contributed by atoms with Crippen LogP contribution in [0.2, 0.25) is 5.02 Å². The third-order valence-corrected chi connectivity index (χ3v) is 4.23. The van der Waals surface area contributed by atoms with Crippen LogP contribution < -0.4 is 5.32 Å². The first-order valence-electron chi connectivity index (χ1n) is 8.12. The van der Waals surface area contributed by atoms with Gasteiger partial charge in [-0.05, 0) is 12.1 Å². The summed E-state index contributed by atoms with van der Waals surface area (Å²) in [6, 6.07) is 6.42. The van der Waals surface area contributed by atoms with Gasteiger partial charge in [0.25, 0.3) is 5.91 Å². The van der Waals surface area contributed by atoms with Crippen molar-refractivity contribution in [1.82, 2.24) is 14.8 Å². The van der Waals surface area contributed by atoms with Crippen LogP contribution in [-0.4, -0.2) is 20.7 Å². The van der Waals surface area contributed by atoms with Gasteiger partial charge in [0.15, 0.2) is 5.69 Å². The number of hydrogen-bond acceptors (Lipinski definition) is 3. The molecule has 0 bridgehead atoms. The van der Waals surface area contributed by atoms with E-state index in [0.717, 1.165) is 10.9 Å². The predicted molar refractivity (Wildman–Crippen MR) is 95.8 cm³/mol. The maximum Gasteiger partial charge on any atom is 0.435 e. The molecular formula is C18H11ClF6N4O. The normalized spacial score (nSPS) is 12.1. The summed E-state index contributed by atoms with van der Waals surface area (Å²) >= 11 is 5.95. The molecular weight excluding hydrogens is 438 g/mol. The highest BCUT2D eigenvalue weighted by atomic mass is 35.5. The molecule has 0 atom stereocenters. The number of aryl methyl sites for hydroxylation is 1. The molecule has 1 N–H and O–H groups in total. The van der Waals surface area contributed by atoms with Crippen molar-refractivity contribution in [3.8, 4) is 11.3 Å². The number of aromatic nitrogens is 3. The molecule has 5 nitrogen and oxygen atoms in total. The zero-order valence-corrected chi connectivity index (χ0v) is 15.7. The van der Waals surface area contributed by atoms with E-state index >= 15 is 0 Å². The minimum Gasteiger partial charge on any atom is -0.321 e. The lowest BCUT2D eigenvalue weighted by Crippen LogP contribution is -2.18. The Hall–Kier alpha value is -3.08. The van der Waals surface area contributed by atoms with Crippen LogP contribution in [0, 0.1) is 0 Å². The Morgan fingerprint density at radius 3 is 2.37 bits per heavy atom. The van der Waals surface area contributed by atoms with Crippen LogP contribution in [-0.2, 0) is 19.4 Å². The Morgan fingerprint density at radius 2 is 1.77 bits per heavy atom. The van der Waals surface area contributed by atoms with E-state index in [1.165, 1.54) is 31.3 Å². The SMILES string of the molecule is Cn1cc(C(=O)Nc2ccccc2-c2ncc(C(F)(F)F)cc2Cl)c(C(F)(F)F)n1. The molecule has 30 heavy (non-hydrogen) atoms. The Morgan fingerprint density at radius 1 is 1.10 bits per heavy atom. The van der Waals surface area contributed by atoms with Crippen LogP contribution in [0.4, 0.5) is 32.0 Å². The summed E-state index contributed by atoms with van der Waals surface area (Å²) < 4.78 is 78.7. The molecule has 158 valence electrons. The number of nitrogens with zero attached hydrogens (tertiary/aromatic N) is 3. The number of hydrogen-bond donors (Lipinski definition) is 1. The molecule has 2 aromatic heterocycles. The number of carbonyl (C=O) groups is 1. The Bertz CT molecular complexity index is 1110. The van der Waals surface area contributed by atoms with Crippen molar-refractivity contribution in [2.75, 3.05) is 5.32 Å². The van der Waals surface area contributed by atoms with Crippen molar-refractivity contribution in [3.63, 3.8) is 0 Å². The smallest absolute Gasteiger partial charge is 0.321 e. The van der Waals surface area contributed by atoms with Crippen LogP contribution in [0.5, 0.6) is 0 Å². The first kappa shape index (κ1) is 21.6. The molecule has 3 rings (SSSR count). The average Bonchev–Trinajstić information content (AvgIpc) is 3.04. The maximum atomic E-state index is 13.1. The fourth-order valence-electron chi connectivity index (χ4n) is 2.64. The molecule has 0 aliphatic heterocycles. The fraction of sp³-hybridized carbons (Fsp3) is 0.167. The molecule has 1 aromatic carbocycles. The van der Waals surface area contributed by atoms with Gasteiger partial charge in [0.05, 0.1) is 27.5 Å². The summed E-state index contributed by atoms with van der Waals surface area (Å²) in [6.45, 7) is 0. The molecule has 0 fully saturated rings. The molecule has 12 heteroatoms. The van der Waals surface area contributed by atoms with E-state index in [0.29, 0.717) is 12.3 Å². The zero-order valence-electron chi connectivity index (χ0n) is 14.9. The lowest BCUT2D eigenvalue weighted by molar-refractivity contribution is -0.141. The Kier molecular flexibility index (Phi) is 5.50. The Balaban J connectivity index is 1.99. The van der Waals surface area contributed by atoms with Crippen molar-refractivity contribution in [2.45, 2.75) is 12.4 Å².